The van der Waals surface area contributed by atoms with E-state index in [1.165, 1.54) is 38.5 Å². The van der Waals surface area contributed by atoms with Crippen molar-refractivity contribution in [1.82, 2.24) is 5.32 Å². The van der Waals surface area contributed by atoms with E-state index in [0.29, 0.717) is 15.7 Å². The predicted molar refractivity (Wildman–Crippen MR) is 98.6 cm³/mol. The normalized spacial score (nSPS) is 35.0. The molecule has 2 N–H and O–H groups in total. The second kappa shape index (κ2) is 6.19. The average Bonchev–Trinajstić information content (AvgIpc) is 2.49. The lowest BCUT2D eigenvalue weighted by atomic mass is 9.53. The van der Waals surface area contributed by atoms with Crippen LogP contribution < -0.4 is 10.6 Å². The Labute approximate surface area is 153 Å². The van der Waals surface area contributed by atoms with Gasteiger partial charge in [-0.3, -0.25) is 4.79 Å². The minimum Gasteiger partial charge on any atom is -0.323 e. The van der Waals surface area contributed by atoms with Crippen molar-refractivity contribution in [2.45, 2.75) is 57.0 Å². The van der Waals surface area contributed by atoms with Gasteiger partial charge in [0.05, 0.1) is 16.8 Å². The molecule has 0 radical (unpaired) electrons. The van der Waals surface area contributed by atoms with Crippen LogP contribution in [-0.4, -0.2) is 17.5 Å². The van der Waals surface area contributed by atoms with Crippen molar-refractivity contribution >= 4 is 34.8 Å². The standard InChI is InChI=1S/C19H24Cl2N2O/c1-11(18(24)22-17-7-15(20)2-3-16(17)21)23-19-8-12-4-13(9-19)6-14(5-12)10-19/h2-3,7,11-14,23H,4-6,8-10H2,1H3,(H,22,24)/t11-,12?,13?,14?,19?/m0/s1. The SMILES string of the molecule is C[C@H](NC12CC3CC(CC(C3)C1)C2)C(=O)Nc1cc(Cl)ccc1Cl. The molecule has 3 nitrogen and oxygen atoms in total. The van der Waals surface area contributed by atoms with E-state index in [1.54, 1.807) is 18.2 Å². The van der Waals surface area contributed by atoms with Crippen LogP contribution in [0.3, 0.4) is 0 Å². The van der Waals surface area contributed by atoms with Gasteiger partial charge in [0, 0.05) is 10.6 Å². The zero-order valence-electron chi connectivity index (χ0n) is 13.9. The Morgan fingerprint density at radius 1 is 1.12 bits per heavy atom. The zero-order chi connectivity index (χ0) is 16.9. The number of rotatable bonds is 4. The first-order valence-corrected chi connectivity index (χ1v) is 9.72. The fourth-order valence-electron chi connectivity index (χ4n) is 5.65. The van der Waals surface area contributed by atoms with Gasteiger partial charge in [0.15, 0.2) is 0 Å². The van der Waals surface area contributed by atoms with Gasteiger partial charge in [0.2, 0.25) is 5.91 Å². The summed E-state index contributed by atoms with van der Waals surface area (Å²) in [6.07, 6.45) is 7.90. The van der Waals surface area contributed by atoms with Crippen LogP contribution in [0.4, 0.5) is 5.69 Å². The van der Waals surface area contributed by atoms with E-state index in [4.69, 9.17) is 23.2 Å². The summed E-state index contributed by atoms with van der Waals surface area (Å²) in [5.41, 5.74) is 0.747. The van der Waals surface area contributed by atoms with Crippen LogP contribution in [0.25, 0.3) is 0 Å². The van der Waals surface area contributed by atoms with Gasteiger partial charge in [0.1, 0.15) is 0 Å². The zero-order valence-corrected chi connectivity index (χ0v) is 15.5. The van der Waals surface area contributed by atoms with Crippen LogP contribution in [0.15, 0.2) is 18.2 Å². The Morgan fingerprint density at radius 3 is 2.29 bits per heavy atom. The molecule has 4 saturated carbocycles. The van der Waals surface area contributed by atoms with E-state index in [2.05, 4.69) is 10.6 Å². The van der Waals surface area contributed by atoms with Crippen molar-refractivity contribution in [1.29, 1.82) is 0 Å². The van der Waals surface area contributed by atoms with Gasteiger partial charge in [-0.2, -0.15) is 0 Å². The molecule has 0 aromatic heterocycles. The lowest BCUT2D eigenvalue weighted by Gasteiger charge is -2.57. The summed E-state index contributed by atoms with van der Waals surface area (Å²) in [5, 5.41) is 7.68. The molecule has 1 atom stereocenters. The van der Waals surface area contributed by atoms with Crippen LogP contribution in [-0.2, 0) is 4.79 Å². The highest BCUT2D eigenvalue weighted by Gasteiger charge is 2.51. The lowest BCUT2D eigenvalue weighted by Crippen LogP contribution is -2.62. The molecule has 0 spiro atoms. The van der Waals surface area contributed by atoms with Gasteiger partial charge < -0.3 is 10.6 Å². The maximum absolute atomic E-state index is 12.6. The molecular weight excluding hydrogens is 343 g/mol. The van der Waals surface area contributed by atoms with E-state index in [9.17, 15) is 4.79 Å². The summed E-state index contributed by atoms with van der Waals surface area (Å²) in [7, 11) is 0. The molecule has 4 aliphatic rings. The molecule has 1 aromatic carbocycles. The van der Waals surface area contributed by atoms with E-state index >= 15 is 0 Å². The maximum Gasteiger partial charge on any atom is 0.241 e. The molecule has 4 aliphatic carbocycles. The largest absolute Gasteiger partial charge is 0.323 e. The Morgan fingerprint density at radius 2 is 1.71 bits per heavy atom. The topological polar surface area (TPSA) is 41.1 Å². The number of carbonyl (C=O) groups is 1. The average molecular weight is 367 g/mol. The lowest BCUT2D eigenvalue weighted by molar-refractivity contribution is -0.119. The number of carbonyl (C=O) groups excluding carboxylic acids is 1. The third-order valence-electron chi connectivity index (χ3n) is 6.14. The van der Waals surface area contributed by atoms with Crippen LogP contribution in [0, 0.1) is 17.8 Å². The minimum absolute atomic E-state index is 0.0464. The van der Waals surface area contributed by atoms with E-state index in [1.807, 2.05) is 6.92 Å². The third kappa shape index (κ3) is 3.18. The molecule has 1 amide bonds. The highest BCUT2D eigenvalue weighted by atomic mass is 35.5. The Balaban J connectivity index is 1.43. The second-order valence-corrected chi connectivity index (χ2v) is 9.02. The number of anilines is 1. The Bertz CT molecular complexity index is 625. The molecule has 5 rings (SSSR count). The number of halogens is 2. The molecular formula is C19H24Cl2N2O. The minimum atomic E-state index is -0.240. The number of nitrogens with one attached hydrogen (secondary N) is 2. The molecule has 24 heavy (non-hydrogen) atoms. The number of hydrogen-bond donors (Lipinski definition) is 2. The van der Waals surface area contributed by atoms with Crippen molar-refractivity contribution in [2.75, 3.05) is 5.32 Å². The first-order valence-electron chi connectivity index (χ1n) is 8.96. The Hall–Kier alpha value is -0.770. The summed E-state index contributed by atoms with van der Waals surface area (Å²) in [6, 6.07) is 4.88. The molecule has 130 valence electrons. The van der Waals surface area contributed by atoms with Crippen LogP contribution in [0.1, 0.15) is 45.4 Å². The maximum atomic E-state index is 12.6. The van der Waals surface area contributed by atoms with Gasteiger partial charge >= 0.3 is 0 Å². The molecule has 0 saturated heterocycles. The molecule has 5 heteroatoms. The van der Waals surface area contributed by atoms with Gasteiger partial charge in [-0.05, 0) is 81.4 Å². The summed E-state index contributed by atoms with van der Waals surface area (Å²) < 4.78 is 0. The van der Waals surface area contributed by atoms with Gasteiger partial charge in [0.25, 0.3) is 0 Å². The monoisotopic (exact) mass is 366 g/mol. The highest BCUT2D eigenvalue weighted by molar-refractivity contribution is 6.35. The third-order valence-corrected chi connectivity index (χ3v) is 6.71. The number of hydrogen-bond acceptors (Lipinski definition) is 2. The van der Waals surface area contributed by atoms with Crippen molar-refractivity contribution in [3.8, 4) is 0 Å². The van der Waals surface area contributed by atoms with Crippen LogP contribution >= 0.6 is 23.2 Å². The van der Waals surface area contributed by atoms with E-state index < -0.39 is 0 Å². The summed E-state index contributed by atoms with van der Waals surface area (Å²) >= 11 is 12.1. The molecule has 0 heterocycles. The quantitative estimate of drug-likeness (QED) is 0.797. The second-order valence-electron chi connectivity index (χ2n) is 8.18. The van der Waals surface area contributed by atoms with E-state index in [0.717, 1.165) is 17.8 Å². The van der Waals surface area contributed by atoms with Crippen molar-refractivity contribution in [3.63, 3.8) is 0 Å². The number of benzene rings is 1. The van der Waals surface area contributed by atoms with Gasteiger partial charge in [-0.25, -0.2) is 0 Å². The van der Waals surface area contributed by atoms with Crippen molar-refractivity contribution < 1.29 is 4.79 Å². The molecule has 4 fully saturated rings. The van der Waals surface area contributed by atoms with Crippen LogP contribution in [0.2, 0.25) is 10.0 Å². The summed E-state index contributed by atoms with van der Waals surface area (Å²) in [5.74, 6) is 2.54. The first-order chi connectivity index (χ1) is 11.4. The molecule has 0 aliphatic heterocycles. The summed E-state index contributed by atoms with van der Waals surface area (Å²) in [4.78, 5) is 12.6. The smallest absolute Gasteiger partial charge is 0.241 e. The fourth-order valence-corrected chi connectivity index (χ4v) is 5.98. The van der Waals surface area contributed by atoms with Crippen molar-refractivity contribution in [2.24, 2.45) is 17.8 Å². The fraction of sp³-hybridized carbons (Fsp3) is 0.632. The van der Waals surface area contributed by atoms with Crippen molar-refractivity contribution in [3.05, 3.63) is 28.2 Å². The van der Waals surface area contributed by atoms with Gasteiger partial charge in [-0.1, -0.05) is 23.2 Å². The predicted octanol–water partition coefficient (Wildman–Crippen LogP) is 4.88. The summed E-state index contributed by atoms with van der Waals surface area (Å²) in [6.45, 7) is 1.95. The Kier molecular flexibility index (Phi) is 4.30. The van der Waals surface area contributed by atoms with Gasteiger partial charge in [-0.15, -0.1) is 0 Å². The van der Waals surface area contributed by atoms with Crippen LogP contribution in [0.5, 0.6) is 0 Å². The highest BCUT2D eigenvalue weighted by Crippen LogP contribution is 2.55. The molecule has 0 unspecified atom stereocenters. The van der Waals surface area contributed by atoms with E-state index in [-0.39, 0.29) is 17.5 Å². The number of amides is 1. The molecule has 1 aromatic rings. The molecule has 4 bridgehead atoms. The first kappa shape index (κ1) is 16.7.